The van der Waals surface area contributed by atoms with E-state index in [0.717, 1.165) is 5.69 Å². The Balaban J connectivity index is 1.49. The van der Waals surface area contributed by atoms with Crippen molar-refractivity contribution in [1.82, 2.24) is 4.90 Å². The highest BCUT2D eigenvalue weighted by Crippen LogP contribution is 2.20. The second kappa shape index (κ2) is 8.05. The van der Waals surface area contributed by atoms with E-state index in [0.29, 0.717) is 35.9 Å². The molecule has 1 aliphatic heterocycles. The molecule has 0 N–H and O–H groups in total. The summed E-state index contributed by atoms with van der Waals surface area (Å²) in [5.74, 6) is -1.09. The number of aromatic nitrogens is 1. The van der Waals surface area contributed by atoms with Gasteiger partial charge in [0.05, 0.1) is 0 Å². The Morgan fingerprint density at radius 1 is 1.12 bits per heavy atom. The zero-order chi connectivity index (χ0) is 18.5. The molecule has 0 radical (unpaired) electrons. The highest BCUT2D eigenvalue weighted by Gasteiger charge is 2.24. The second-order valence-electron chi connectivity index (χ2n) is 5.84. The van der Waals surface area contributed by atoms with Crippen LogP contribution in [0.15, 0.2) is 48.7 Å². The third-order valence-corrected chi connectivity index (χ3v) is 4.40. The molecule has 0 spiro atoms. The first kappa shape index (κ1) is 18.0. The van der Waals surface area contributed by atoms with Crippen LogP contribution in [0.25, 0.3) is 0 Å². The number of anilines is 1. The maximum absolute atomic E-state index is 12.2. The number of piperazine rings is 1. The van der Waals surface area contributed by atoms with Crippen molar-refractivity contribution in [2.45, 2.75) is 0 Å². The molecule has 136 valence electrons. The van der Waals surface area contributed by atoms with Gasteiger partial charge in [-0.05, 0) is 24.3 Å². The average Bonchev–Trinajstić information content (AvgIpc) is 2.66. The highest BCUT2D eigenvalue weighted by molar-refractivity contribution is 6.30. The predicted molar refractivity (Wildman–Crippen MR) is 95.9 cm³/mol. The molecule has 0 bridgehead atoms. The van der Waals surface area contributed by atoms with Gasteiger partial charge in [-0.3, -0.25) is 4.79 Å². The Labute approximate surface area is 155 Å². The summed E-state index contributed by atoms with van der Waals surface area (Å²) in [5, 5.41) is 12.2. The van der Waals surface area contributed by atoms with Crippen LogP contribution in [0.5, 0.6) is 0 Å². The summed E-state index contributed by atoms with van der Waals surface area (Å²) in [4.78, 5) is 27.9. The van der Waals surface area contributed by atoms with Crippen LogP contribution in [0.3, 0.4) is 0 Å². The molecule has 7 nitrogen and oxygen atoms in total. The number of ether oxygens (including phenoxy) is 1. The Morgan fingerprint density at radius 2 is 1.88 bits per heavy atom. The van der Waals surface area contributed by atoms with Crippen molar-refractivity contribution in [1.29, 1.82) is 0 Å². The summed E-state index contributed by atoms with van der Waals surface area (Å²) < 4.78 is 5.38. The number of hydrogen-bond donors (Lipinski definition) is 0. The van der Waals surface area contributed by atoms with E-state index in [2.05, 4.69) is 4.90 Å². The van der Waals surface area contributed by atoms with Crippen LogP contribution in [0.2, 0.25) is 5.02 Å². The van der Waals surface area contributed by atoms with Crippen molar-refractivity contribution in [2.75, 3.05) is 37.7 Å². The Kier molecular flexibility index (Phi) is 5.58. The van der Waals surface area contributed by atoms with Gasteiger partial charge in [-0.2, -0.15) is 4.73 Å². The fourth-order valence-electron chi connectivity index (χ4n) is 2.77. The first-order valence-corrected chi connectivity index (χ1v) is 8.56. The van der Waals surface area contributed by atoms with Crippen LogP contribution in [0.1, 0.15) is 10.5 Å². The molecule has 2 heterocycles. The molecule has 0 aliphatic carbocycles. The first-order valence-electron chi connectivity index (χ1n) is 8.18. The van der Waals surface area contributed by atoms with Crippen molar-refractivity contribution in [3.05, 3.63) is 64.6 Å². The number of halogens is 1. The van der Waals surface area contributed by atoms with Gasteiger partial charge in [0, 0.05) is 49.0 Å². The van der Waals surface area contributed by atoms with E-state index in [4.69, 9.17) is 16.3 Å². The second-order valence-corrected chi connectivity index (χ2v) is 6.27. The maximum atomic E-state index is 12.2. The van der Waals surface area contributed by atoms with Gasteiger partial charge in [-0.15, -0.1) is 0 Å². The minimum absolute atomic E-state index is 0.147. The van der Waals surface area contributed by atoms with Gasteiger partial charge >= 0.3 is 11.7 Å². The van der Waals surface area contributed by atoms with E-state index in [1.54, 1.807) is 11.0 Å². The summed E-state index contributed by atoms with van der Waals surface area (Å²) in [7, 11) is 0. The summed E-state index contributed by atoms with van der Waals surface area (Å²) in [5.41, 5.74) is 0.867. The summed E-state index contributed by atoms with van der Waals surface area (Å²) in [6.07, 6.45) is 1.20. The average molecular weight is 376 g/mol. The monoisotopic (exact) mass is 375 g/mol. The SMILES string of the molecule is O=C(OCC(=O)N1CCN(c2cccc(Cl)c2)CC1)c1cccc[n+]1[O-]. The van der Waals surface area contributed by atoms with Crippen LogP contribution in [-0.2, 0) is 9.53 Å². The lowest BCUT2D eigenvalue weighted by Gasteiger charge is -2.36. The van der Waals surface area contributed by atoms with Gasteiger partial charge in [0.25, 0.3) is 5.91 Å². The van der Waals surface area contributed by atoms with Gasteiger partial charge in [0.1, 0.15) is 0 Å². The minimum atomic E-state index is -0.813. The number of rotatable bonds is 4. The number of esters is 1. The summed E-state index contributed by atoms with van der Waals surface area (Å²) in [6.45, 7) is 2.00. The first-order chi connectivity index (χ1) is 12.5. The van der Waals surface area contributed by atoms with Crippen LogP contribution >= 0.6 is 11.6 Å². The minimum Gasteiger partial charge on any atom is -0.618 e. The molecule has 8 heteroatoms. The lowest BCUT2D eigenvalue weighted by atomic mass is 10.2. The quantitative estimate of drug-likeness (QED) is 0.459. The fourth-order valence-corrected chi connectivity index (χ4v) is 2.95. The number of amides is 1. The number of benzene rings is 1. The van der Waals surface area contributed by atoms with Gasteiger partial charge in [-0.25, -0.2) is 4.79 Å². The number of nitrogens with zero attached hydrogens (tertiary/aromatic N) is 3. The third kappa shape index (κ3) is 4.23. The number of pyridine rings is 1. The van der Waals surface area contributed by atoms with E-state index >= 15 is 0 Å². The molecular formula is C18H18ClN3O4. The topological polar surface area (TPSA) is 76.8 Å². The predicted octanol–water partition coefficient (Wildman–Crippen LogP) is 1.48. The molecule has 1 fully saturated rings. The molecule has 0 unspecified atom stereocenters. The van der Waals surface area contributed by atoms with Gasteiger partial charge < -0.3 is 19.7 Å². The zero-order valence-electron chi connectivity index (χ0n) is 14.0. The van der Waals surface area contributed by atoms with E-state index in [9.17, 15) is 14.8 Å². The highest BCUT2D eigenvalue weighted by atomic mass is 35.5. The molecule has 3 rings (SSSR count). The molecule has 1 saturated heterocycles. The smallest absolute Gasteiger partial charge is 0.405 e. The van der Waals surface area contributed by atoms with E-state index in [1.165, 1.54) is 18.3 Å². The van der Waals surface area contributed by atoms with Crippen molar-refractivity contribution in [3.8, 4) is 0 Å². The number of carbonyl (C=O) groups excluding carboxylic acids is 2. The lowest BCUT2D eigenvalue weighted by molar-refractivity contribution is -0.608. The Morgan fingerprint density at radius 3 is 2.58 bits per heavy atom. The van der Waals surface area contributed by atoms with Crippen molar-refractivity contribution >= 4 is 29.2 Å². The molecule has 2 aromatic rings. The van der Waals surface area contributed by atoms with Crippen molar-refractivity contribution in [3.63, 3.8) is 0 Å². The summed E-state index contributed by atoms with van der Waals surface area (Å²) >= 11 is 6.01. The van der Waals surface area contributed by atoms with Crippen LogP contribution in [0.4, 0.5) is 5.69 Å². The van der Waals surface area contributed by atoms with Crippen molar-refractivity contribution < 1.29 is 19.1 Å². The maximum Gasteiger partial charge on any atom is 0.405 e. The van der Waals surface area contributed by atoms with E-state index < -0.39 is 5.97 Å². The summed E-state index contributed by atoms with van der Waals surface area (Å²) in [6, 6.07) is 12.0. The molecule has 1 aromatic heterocycles. The third-order valence-electron chi connectivity index (χ3n) is 4.17. The molecular weight excluding hydrogens is 358 g/mol. The molecule has 1 aliphatic rings. The Hall–Kier alpha value is -2.80. The zero-order valence-corrected chi connectivity index (χ0v) is 14.8. The lowest BCUT2D eigenvalue weighted by Crippen LogP contribution is -2.50. The van der Waals surface area contributed by atoms with Crippen LogP contribution in [0, 0.1) is 5.21 Å². The largest absolute Gasteiger partial charge is 0.618 e. The van der Waals surface area contributed by atoms with Gasteiger partial charge in [-0.1, -0.05) is 17.7 Å². The standard InChI is InChI=1S/C18H18ClN3O4/c19-14-4-3-5-15(12-14)20-8-10-21(11-9-20)17(23)13-26-18(24)16-6-1-2-7-22(16)25/h1-7,12H,8-11,13H2. The van der Waals surface area contributed by atoms with Crippen LogP contribution in [-0.4, -0.2) is 49.6 Å². The van der Waals surface area contributed by atoms with Crippen LogP contribution < -0.4 is 9.63 Å². The molecule has 0 atom stereocenters. The van der Waals surface area contributed by atoms with Gasteiger partial charge in [0.15, 0.2) is 12.8 Å². The Bertz CT molecular complexity index is 807. The molecule has 1 aromatic carbocycles. The molecule has 26 heavy (non-hydrogen) atoms. The van der Waals surface area contributed by atoms with E-state index in [-0.39, 0.29) is 18.2 Å². The van der Waals surface area contributed by atoms with Crippen molar-refractivity contribution in [2.24, 2.45) is 0 Å². The normalized spacial score (nSPS) is 14.2. The number of carbonyl (C=O) groups is 2. The molecule has 0 saturated carbocycles. The fraction of sp³-hybridized carbons (Fsp3) is 0.278. The number of hydrogen-bond acceptors (Lipinski definition) is 5. The van der Waals surface area contributed by atoms with E-state index in [1.807, 2.05) is 24.3 Å². The van der Waals surface area contributed by atoms with Gasteiger partial charge in [0.2, 0.25) is 0 Å². The molecule has 1 amide bonds.